The first kappa shape index (κ1) is 15.8. The topological polar surface area (TPSA) is 53.5 Å². The van der Waals surface area contributed by atoms with Crippen molar-refractivity contribution in [1.82, 2.24) is 9.88 Å². The lowest BCUT2D eigenvalue weighted by Crippen LogP contribution is -2.51. The zero-order valence-corrected chi connectivity index (χ0v) is 14.8. The van der Waals surface area contributed by atoms with E-state index >= 15 is 0 Å². The van der Waals surface area contributed by atoms with Gasteiger partial charge < -0.3 is 4.90 Å². The highest BCUT2D eigenvalue weighted by molar-refractivity contribution is 7.91. The molecule has 1 aromatic heterocycles. The fraction of sp³-hybridized carbons (Fsp3) is 0.500. The van der Waals surface area contributed by atoms with Crippen LogP contribution in [0.1, 0.15) is 12.0 Å². The van der Waals surface area contributed by atoms with Gasteiger partial charge in [0, 0.05) is 37.6 Å². The second-order valence-electron chi connectivity index (χ2n) is 6.90. The van der Waals surface area contributed by atoms with Gasteiger partial charge in [-0.1, -0.05) is 18.2 Å². The molecule has 0 radical (unpaired) electrons. The van der Waals surface area contributed by atoms with Crippen LogP contribution in [0.5, 0.6) is 0 Å². The SMILES string of the molecule is Cc1cc2ccccc2nc1N1CCN(C2CCS(=O)(=O)C2)CC1. The highest BCUT2D eigenvalue weighted by Gasteiger charge is 2.33. The number of pyridine rings is 1. The van der Waals surface area contributed by atoms with Gasteiger partial charge >= 0.3 is 0 Å². The van der Waals surface area contributed by atoms with Crippen molar-refractivity contribution in [3.05, 3.63) is 35.9 Å². The van der Waals surface area contributed by atoms with Crippen molar-refractivity contribution in [2.75, 3.05) is 42.6 Å². The van der Waals surface area contributed by atoms with Crippen LogP contribution in [-0.4, -0.2) is 62.0 Å². The number of piperazine rings is 1. The molecule has 0 saturated carbocycles. The average molecular weight is 345 g/mol. The van der Waals surface area contributed by atoms with Crippen molar-refractivity contribution in [3.8, 4) is 0 Å². The molecule has 0 aliphatic carbocycles. The van der Waals surface area contributed by atoms with Crippen molar-refractivity contribution in [3.63, 3.8) is 0 Å². The third-order valence-electron chi connectivity index (χ3n) is 5.23. The van der Waals surface area contributed by atoms with E-state index in [2.05, 4.69) is 34.9 Å². The number of benzene rings is 1. The zero-order chi connectivity index (χ0) is 16.7. The van der Waals surface area contributed by atoms with Gasteiger partial charge in [0.1, 0.15) is 5.82 Å². The monoisotopic (exact) mass is 345 g/mol. The van der Waals surface area contributed by atoms with Crippen LogP contribution >= 0.6 is 0 Å². The Balaban J connectivity index is 1.49. The van der Waals surface area contributed by atoms with Crippen molar-refractivity contribution >= 4 is 26.6 Å². The van der Waals surface area contributed by atoms with E-state index in [0.717, 1.165) is 43.9 Å². The molecular weight excluding hydrogens is 322 g/mol. The van der Waals surface area contributed by atoms with Gasteiger partial charge in [0.2, 0.25) is 0 Å². The quantitative estimate of drug-likeness (QED) is 0.831. The van der Waals surface area contributed by atoms with E-state index in [1.54, 1.807) is 0 Å². The van der Waals surface area contributed by atoms with E-state index in [-0.39, 0.29) is 6.04 Å². The van der Waals surface area contributed by atoms with Crippen molar-refractivity contribution in [2.24, 2.45) is 0 Å². The van der Waals surface area contributed by atoms with Crippen molar-refractivity contribution in [2.45, 2.75) is 19.4 Å². The summed E-state index contributed by atoms with van der Waals surface area (Å²) in [5, 5.41) is 1.17. The molecule has 128 valence electrons. The number of aromatic nitrogens is 1. The van der Waals surface area contributed by atoms with E-state index < -0.39 is 9.84 Å². The molecule has 5 nitrogen and oxygen atoms in total. The minimum Gasteiger partial charge on any atom is -0.354 e. The Morgan fingerprint density at radius 1 is 1.12 bits per heavy atom. The molecule has 6 heteroatoms. The van der Waals surface area contributed by atoms with Gasteiger partial charge in [-0.25, -0.2) is 13.4 Å². The number of sulfone groups is 1. The second kappa shape index (κ2) is 6.01. The molecule has 2 aliphatic heterocycles. The van der Waals surface area contributed by atoms with Crippen LogP contribution in [0.15, 0.2) is 30.3 Å². The number of nitrogens with zero attached hydrogens (tertiary/aromatic N) is 3. The van der Waals surface area contributed by atoms with Crippen LogP contribution < -0.4 is 4.90 Å². The normalized spacial score (nSPS) is 24.5. The molecule has 0 bridgehead atoms. The minimum absolute atomic E-state index is 0.211. The van der Waals surface area contributed by atoms with Crippen LogP contribution in [0.4, 0.5) is 5.82 Å². The first-order valence-electron chi connectivity index (χ1n) is 8.58. The molecule has 0 spiro atoms. The van der Waals surface area contributed by atoms with Gasteiger partial charge in [-0.2, -0.15) is 0 Å². The van der Waals surface area contributed by atoms with Crippen LogP contribution in [0.2, 0.25) is 0 Å². The summed E-state index contributed by atoms with van der Waals surface area (Å²) in [6, 6.07) is 10.6. The van der Waals surface area contributed by atoms with Gasteiger partial charge in [-0.05, 0) is 31.0 Å². The number of hydrogen-bond donors (Lipinski definition) is 0. The van der Waals surface area contributed by atoms with E-state index in [1.807, 2.05) is 12.1 Å². The van der Waals surface area contributed by atoms with Crippen LogP contribution in [-0.2, 0) is 9.84 Å². The zero-order valence-electron chi connectivity index (χ0n) is 14.0. The fourth-order valence-electron chi connectivity index (χ4n) is 3.89. The Hall–Kier alpha value is -1.66. The third-order valence-corrected chi connectivity index (χ3v) is 6.98. The summed E-state index contributed by atoms with van der Waals surface area (Å²) in [6.07, 6.45) is 0.787. The Labute approximate surface area is 143 Å². The summed E-state index contributed by atoms with van der Waals surface area (Å²) >= 11 is 0. The van der Waals surface area contributed by atoms with E-state index in [1.165, 1.54) is 10.9 Å². The highest BCUT2D eigenvalue weighted by Crippen LogP contribution is 2.25. The third kappa shape index (κ3) is 3.00. The molecule has 24 heavy (non-hydrogen) atoms. The molecule has 1 atom stereocenters. The lowest BCUT2D eigenvalue weighted by molar-refractivity contribution is 0.200. The van der Waals surface area contributed by atoms with Gasteiger partial charge in [0.15, 0.2) is 9.84 Å². The van der Waals surface area contributed by atoms with Crippen molar-refractivity contribution in [1.29, 1.82) is 0 Å². The van der Waals surface area contributed by atoms with Gasteiger partial charge in [0.25, 0.3) is 0 Å². The molecule has 1 aromatic carbocycles. The summed E-state index contributed by atoms with van der Waals surface area (Å²) in [5.74, 6) is 1.75. The molecule has 2 aliphatic rings. The number of para-hydroxylation sites is 1. The van der Waals surface area contributed by atoms with Gasteiger partial charge in [0.05, 0.1) is 17.0 Å². The predicted molar refractivity (Wildman–Crippen MR) is 97.3 cm³/mol. The maximum atomic E-state index is 11.7. The number of hydrogen-bond acceptors (Lipinski definition) is 5. The van der Waals surface area contributed by atoms with Crippen LogP contribution in [0.25, 0.3) is 10.9 Å². The molecule has 2 fully saturated rings. The van der Waals surface area contributed by atoms with Gasteiger partial charge in [-0.15, -0.1) is 0 Å². The van der Waals surface area contributed by atoms with E-state index in [0.29, 0.717) is 11.5 Å². The lowest BCUT2D eigenvalue weighted by Gasteiger charge is -2.38. The Morgan fingerprint density at radius 2 is 1.88 bits per heavy atom. The maximum absolute atomic E-state index is 11.7. The summed E-state index contributed by atoms with van der Waals surface area (Å²) in [4.78, 5) is 9.54. The summed E-state index contributed by atoms with van der Waals surface area (Å²) in [7, 11) is -2.81. The molecule has 1 unspecified atom stereocenters. The van der Waals surface area contributed by atoms with E-state index in [4.69, 9.17) is 4.98 Å². The number of anilines is 1. The summed E-state index contributed by atoms with van der Waals surface area (Å²) in [5.41, 5.74) is 2.23. The summed E-state index contributed by atoms with van der Waals surface area (Å²) < 4.78 is 23.4. The lowest BCUT2D eigenvalue weighted by atomic mass is 10.1. The Morgan fingerprint density at radius 3 is 2.58 bits per heavy atom. The number of aryl methyl sites for hydroxylation is 1. The molecule has 2 aromatic rings. The smallest absolute Gasteiger partial charge is 0.151 e. The molecule has 0 N–H and O–H groups in total. The Bertz CT molecular complexity index is 858. The molecule has 3 heterocycles. The molecule has 2 saturated heterocycles. The van der Waals surface area contributed by atoms with Crippen LogP contribution in [0.3, 0.4) is 0 Å². The standard InChI is InChI=1S/C18H23N3O2S/c1-14-12-15-4-2-3-5-17(15)19-18(14)21-9-7-20(8-10-21)16-6-11-24(22,23)13-16/h2-5,12,16H,6-11,13H2,1H3. The summed E-state index contributed by atoms with van der Waals surface area (Å²) in [6.45, 7) is 5.75. The predicted octanol–water partition coefficient (Wildman–Crippen LogP) is 1.85. The van der Waals surface area contributed by atoms with E-state index in [9.17, 15) is 8.42 Å². The number of fused-ring (bicyclic) bond motifs is 1. The minimum atomic E-state index is -2.81. The molecular formula is C18H23N3O2S. The second-order valence-corrected chi connectivity index (χ2v) is 9.13. The maximum Gasteiger partial charge on any atom is 0.151 e. The fourth-order valence-corrected chi connectivity index (χ4v) is 5.66. The average Bonchev–Trinajstić information content (AvgIpc) is 2.94. The van der Waals surface area contributed by atoms with Crippen LogP contribution in [0, 0.1) is 6.92 Å². The molecule has 4 rings (SSSR count). The first-order valence-corrected chi connectivity index (χ1v) is 10.4. The first-order chi connectivity index (χ1) is 11.5. The highest BCUT2D eigenvalue weighted by atomic mass is 32.2. The van der Waals surface area contributed by atoms with Crippen molar-refractivity contribution < 1.29 is 8.42 Å². The largest absolute Gasteiger partial charge is 0.354 e. The molecule has 0 amide bonds. The Kier molecular flexibility index (Phi) is 3.96. The number of rotatable bonds is 2. The van der Waals surface area contributed by atoms with Gasteiger partial charge in [-0.3, -0.25) is 4.90 Å².